The molecule has 0 fully saturated rings. The van der Waals surface area contributed by atoms with Gasteiger partial charge in [-0.3, -0.25) is 4.79 Å². The molecule has 0 amide bonds. The fourth-order valence-electron chi connectivity index (χ4n) is 1.65. The zero-order chi connectivity index (χ0) is 14.7. The molecule has 5 heteroatoms. The van der Waals surface area contributed by atoms with Crippen LogP contribution in [0.3, 0.4) is 0 Å². The first kappa shape index (κ1) is 15.0. The van der Waals surface area contributed by atoms with E-state index in [0.717, 1.165) is 0 Å². The van der Waals surface area contributed by atoms with Crippen LogP contribution in [0.4, 0.5) is 4.39 Å². The highest BCUT2D eigenvalue weighted by Crippen LogP contribution is 2.28. The number of Topliss-reactive ketones (excluding diaryl/α,β-unsaturated/α-hetero) is 1. The SMILES string of the molecule is CC(=O)c1ccc(OCc2cccc(F)c2Br)c(Cl)c1. The quantitative estimate of drug-likeness (QED) is 0.718. The lowest BCUT2D eigenvalue weighted by Gasteiger charge is -2.10. The smallest absolute Gasteiger partial charge is 0.159 e. The first-order chi connectivity index (χ1) is 9.49. The van der Waals surface area contributed by atoms with Crippen molar-refractivity contribution in [3.05, 3.63) is 62.8 Å². The van der Waals surface area contributed by atoms with Gasteiger partial charge in [-0.25, -0.2) is 4.39 Å². The molecule has 0 N–H and O–H groups in total. The topological polar surface area (TPSA) is 26.3 Å². The summed E-state index contributed by atoms with van der Waals surface area (Å²) in [6, 6.07) is 9.56. The van der Waals surface area contributed by atoms with Gasteiger partial charge in [0.2, 0.25) is 0 Å². The van der Waals surface area contributed by atoms with Crippen molar-refractivity contribution in [2.24, 2.45) is 0 Å². The summed E-state index contributed by atoms with van der Waals surface area (Å²) in [6.07, 6.45) is 0. The van der Waals surface area contributed by atoms with Crippen molar-refractivity contribution in [2.45, 2.75) is 13.5 Å². The Morgan fingerprint density at radius 2 is 2.10 bits per heavy atom. The molecule has 20 heavy (non-hydrogen) atoms. The Morgan fingerprint density at radius 3 is 2.75 bits per heavy atom. The standard InChI is InChI=1S/C15H11BrClFO2/c1-9(19)10-5-6-14(12(17)7-10)20-8-11-3-2-4-13(18)15(11)16/h2-7H,8H2,1H3. The molecule has 0 aliphatic rings. The number of benzene rings is 2. The van der Waals surface area contributed by atoms with E-state index in [4.69, 9.17) is 16.3 Å². The summed E-state index contributed by atoms with van der Waals surface area (Å²) in [6.45, 7) is 1.65. The summed E-state index contributed by atoms with van der Waals surface area (Å²) in [4.78, 5) is 11.2. The number of ether oxygens (including phenoxy) is 1. The molecule has 2 nitrogen and oxygen atoms in total. The van der Waals surface area contributed by atoms with Gasteiger partial charge in [-0.1, -0.05) is 23.7 Å². The molecule has 0 aromatic heterocycles. The predicted molar refractivity (Wildman–Crippen MR) is 79.9 cm³/mol. The summed E-state index contributed by atoms with van der Waals surface area (Å²) in [5.41, 5.74) is 1.20. The maximum Gasteiger partial charge on any atom is 0.159 e. The Hall–Kier alpha value is -1.39. The van der Waals surface area contributed by atoms with E-state index in [-0.39, 0.29) is 18.2 Å². The minimum Gasteiger partial charge on any atom is -0.487 e. The molecule has 104 valence electrons. The van der Waals surface area contributed by atoms with Gasteiger partial charge in [0.15, 0.2) is 5.78 Å². The number of hydrogen-bond acceptors (Lipinski definition) is 2. The van der Waals surface area contributed by atoms with Crippen molar-refractivity contribution in [3.63, 3.8) is 0 Å². The summed E-state index contributed by atoms with van der Waals surface area (Å²) in [5.74, 6) is 0.0447. The van der Waals surface area contributed by atoms with Crippen LogP contribution in [-0.2, 0) is 6.61 Å². The molecule has 2 rings (SSSR count). The molecule has 2 aromatic carbocycles. The fraction of sp³-hybridized carbons (Fsp3) is 0.133. The predicted octanol–water partition coefficient (Wildman–Crippen LogP) is 5.02. The second-order valence-electron chi connectivity index (χ2n) is 4.20. The second-order valence-corrected chi connectivity index (χ2v) is 5.40. The summed E-state index contributed by atoms with van der Waals surface area (Å²) in [7, 11) is 0. The Balaban J connectivity index is 2.15. The van der Waals surface area contributed by atoms with Gasteiger partial charge in [0.05, 0.1) is 9.50 Å². The van der Waals surface area contributed by atoms with Gasteiger partial charge in [-0.05, 0) is 47.1 Å². The molecular formula is C15H11BrClFO2. The van der Waals surface area contributed by atoms with E-state index in [9.17, 15) is 9.18 Å². The average molecular weight is 358 g/mol. The van der Waals surface area contributed by atoms with Crippen LogP contribution >= 0.6 is 27.5 Å². The molecular weight excluding hydrogens is 347 g/mol. The lowest BCUT2D eigenvalue weighted by molar-refractivity contribution is 0.101. The Labute approximate surface area is 129 Å². The first-order valence-corrected chi connectivity index (χ1v) is 7.02. The second kappa shape index (κ2) is 6.37. The highest BCUT2D eigenvalue weighted by molar-refractivity contribution is 9.10. The molecule has 2 aromatic rings. The number of carbonyl (C=O) groups excluding carboxylic acids is 1. The van der Waals surface area contributed by atoms with Crippen LogP contribution < -0.4 is 4.74 Å². The van der Waals surface area contributed by atoms with E-state index in [1.54, 1.807) is 30.3 Å². The number of hydrogen-bond donors (Lipinski definition) is 0. The number of ketones is 1. The lowest BCUT2D eigenvalue weighted by atomic mass is 10.1. The maximum atomic E-state index is 13.4. The van der Waals surface area contributed by atoms with Crippen molar-refractivity contribution >= 4 is 33.3 Å². The van der Waals surface area contributed by atoms with Crippen LogP contribution in [0.25, 0.3) is 0 Å². The molecule has 0 spiro atoms. The van der Waals surface area contributed by atoms with Crippen LogP contribution in [0.1, 0.15) is 22.8 Å². The van der Waals surface area contributed by atoms with Crippen LogP contribution in [-0.4, -0.2) is 5.78 Å². The average Bonchev–Trinajstić information content (AvgIpc) is 2.41. The van der Waals surface area contributed by atoms with Gasteiger partial charge in [-0.15, -0.1) is 0 Å². The van der Waals surface area contributed by atoms with Crippen LogP contribution in [0.5, 0.6) is 5.75 Å². The van der Waals surface area contributed by atoms with Gasteiger partial charge in [-0.2, -0.15) is 0 Å². The van der Waals surface area contributed by atoms with E-state index < -0.39 is 0 Å². The molecule has 0 aliphatic carbocycles. The largest absolute Gasteiger partial charge is 0.487 e. The first-order valence-electron chi connectivity index (χ1n) is 5.85. The van der Waals surface area contributed by atoms with E-state index in [1.807, 2.05) is 0 Å². The van der Waals surface area contributed by atoms with Gasteiger partial charge in [0, 0.05) is 11.1 Å². The monoisotopic (exact) mass is 356 g/mol. The van der Waals surface area contributed by atoms with Gasteiger partial charge in [0.1, 0.15) is 18.2 Å². The third-order valence-electron chi connectivity index (χ3n) is 2.75. The van der Waals surface area contributed by atoms with Crippen molar-refractivity contribution in [1.82, 2.24) is 0 Å². The molecule has 0 saturated carbocycles. The highest BCUT2D eigenvalue weighted by Gasteiger charge is 2.09. The van der Waals surface area contributed by atoms with E-state index >= 15 is 0 Å². The normalized spacial score (nSPS) is 10.4. The van der Waals surface area contributed by atoms with Crippen LogP contribution in [0.15, 0.2) is 40.9 Å². The van der Waals surface area contributed by atoms with E-state index in [2.05, 4.69) is 15.9 Å². The summed E-state index contributed by atoms with van der Waals surface area (Å²) in [5, 5.41) is 0.352. The van der Waals surface area contributed by atoms with Crippen molar-refractivity contribution in [1.29, 1.82) is 0 Å². The molecule has 0 aliphatic heterocycles. The molecule has 0 radical (unpaired) electrons. The third kappa shape index (κ3) is 3.38. The molecule has 0 bridgehead atoms. The van der Waals surface area contributed by atoms with Gasteiger partial charge >= 0.3 is 0 Å². The van der Waals surface area contributed by atoms with Crippen molar-refractivity contribution in [2.75, 3.05) is 0 Å². The summed E-state index contributed by atoms with van der Waals surface area (Å²) < 4.78 is 19.3. The highest BCUT2D eigenvalue weighted by atomic mass is 79.9. The van der Waals surface area contributed by atoms with Crippen molar-refractivity contribution in [3.8, 4) is 5.75 Å². The third-order valence-corrected chi connectivity index (χ3v) is 3.94. The molecule has 0 atom stereocenters. The minimum atomic E-state index is -0.343. The van der Waals surface area contributed by atoms with E-state index in [0.29, 0.717) is 26.4 Å². The maximum absolute atomic E-state index is 13.4. The van der Waals surface area contributed by atoms with Crippen LogP contribution in [0.2, 0.25) is 5.02 Å². The van der Waals surface area contributed by atoms with Gasteiger partial charge in [0.25, 0.3) is 0 Å². The summed E-state index contributed by atoms with van der Waals surface area (Å²) >= 11 is 9.22. The fourth-order valence-corrected chi connectivity index (χ4v) is 2.27. The number of rotatable bonds is 4. The number of carbonyl (C=O) groups is 1. The number of halogens is 3. The van der Waals surface area contributed by atoms with E-state index in [1.165, 1.54) is 13.0 Å². The zero-order valence-electron chi connectivity index (χ0n) is 10.6. The molecule has 0 saturated heterocycles. The minimum absolute atomic E-state index is 0.0636. The Bertz CT molecular complexity index is 658. The Kier molecular flexibility index (Phi) is 4.78. The Morgan fingerprint density at radius 1 is 1.35 bits per heavy atom. The molecule has 0 heterocycles. The van der Waals surface area contributed by atoms with Crippen molar-refractivity contribution < 1.29 is 13.9 Å². The zero-order valence-corrected chi connectivity index (χ0v) is 13.0. The lowest BCUT2D eigenvalue weighted by Crippen LogP contribution is -1.99. The van der Waals surface area contributed by atoms with Crippen LogP contribution in [0, 0.1) is 5.82 Å². The van der Waals surface area contributed by atoms with Gasteiger partial charge < -0.3 is 4.74 Å². The molecule has 0 unspecified atom stereocenters.